The van der Waals surface area contributed by atoms with Crippen molar-refractivity contribution in [1.29, 1.82) is 0 Å². The van der Waals surface area contributed by atoms with Gasteiger partial charge in [0, 0.05) is 5.56 Å². The summed E-state index contributed by atoms with van der Waals surface area (Å²) in [6.45, 7) is 3.38. The quantitative estimate of drug-likeness (QED) is 0.875. The number of halogens is 4. The van der Waals surface area contributed by atoms with Crippen molar-refractivity contribution in [2.75, 3.05) is 0 Å². The lowest BCUT2D eigenvalue weighted by molar-refractivity contribution is -0.140. The molecule has 0 aliphatic carbocycles. The predicted molar refractivity (Wildman–Crippen MR) is 59.8 cm³/mol. The molecule has 0 atom stereocenters. The van der Waals surface area contributed by atoms with E-state index in [9.17, 15) is 22.4 Å². The number of nitrogens with zero attached hydrogens (tertiary/aromatic N) is 2. The highest BCUT2D eigenvalue weighted by Crippen LogP contribution is 2.32. The first-order valence-electron chi connectivity index (χ1n) is 5.56. The Morgan fingerprint density at radius 1 is 1.47 bits per heavy atom. The zero-order valence-electron chi connectivity index (χ0n) is 10.2. The van der Waals surface area contributed by atoms with Gasteiger partial charge in [0.1, 0.15) is 0 Å². The fourth-order valence-electron chi connectivity index (χ4n) is 1.87. The minimum absolute atomic E-state index is 0.102. The average molecular weight is 277 g/mol. The van der Waals surface area contributed by atoms with E-state index < -0.39 is 23.7 Å². The number of rotatable bonds is 3. The van der Waals surface area contributed by atoms with Gasteiger partial charge in [-0.25, -0.2) is 13.8 Å². The second-order valence-electron chi connectivity index (χ2n) is 4.15. The van der Waals surface area contributed by atoms with Gasteiger partial charge in [0.2, 0.25) is 0 Å². The molecule has 0 aromatic carbocycles. The third-order valence-electron chi connectivity index (χ3n) is 2.90. The number of aromatic nitrogens is 3. The number of aryl methyl sites for hydroxylation is 1. The van der Waals surface area contributed by atoms with Crippen LogP contribution < -0.4 is 5.56 Å². The highest BCUT2D eigenvalue weighted by atomic mass is 19.3. The van der Waals surface area contributed by atoms with E-state index in [1.165, 1.54) is 6.07 Å². The van der Waals surface area contributed by atoms with E-state index in [1.54, 1.807) is 13.8 Å². The van der Waals surface area contributed by atoms with Crippen LogP contribution in [0.15, 0.2) is 10.9 Å². The first-order valence-corrected chi connectivity index (χ1v) is 5.56. The molecule has 8 heteroatoms. The average Bonchev–Trinajstić information content (AvgIpc) is 2.73. The van der Waals surface area contributed by atoms with Gasteiger partial charge >= 0.3 is 12.3 Å². The molecule has 0 unspecified atom stereocenters. The number of alkyl halides is 4. The van der Waals surface area contributed by atoms with Crippen molar-refractivity contribution in [3.05, 3.63) is 33.4 Å². The van der Waals surface area contributed by atoms with E-state index in [-0.39, 0.29) is 5.65 Å². The molecule has 0 amide bonds. The Morgan fingerprint density at radius 3 is 2.63 bits per heavy atom. The van der Waals surface area contributed by atoms with Gasteiger partial charge in [0.25, 0.3) is 5.56 Å². The van der Waals surface area contributed by atoms with Gasteiger partial charge in [-0.05, 0) is 25.0 Å². The third-order valence-corrected chi connectivity index (χ3v) is 2.90. The normalized spacial score (nSPS) is 12.6. The summed E-state index contributed by atoms with van der Waals surface area (Å²) in [6, 6.07) is 1.40. The first-order chi connectivity index (χ1) is 8.78. The summed E-state index contributed by atoms with van der Waals surface area (Å²) in [5.74, 6) is -5.63. The van der Waals surface area contributed by atoms with Crippen LogP contribution in [0.3, 0.4) is 0 Å². The van der Waals surface area contributed by atoms with Crippen molar-refractivity contribution < 1.29 is 17.6 Å². The van der Waals surface area contributed by atoms with Gasteiger partial charge in [0.05, 0.1) is 0 Å². The highest BCUT2D eigenvalue weighted by molar-refractivity contribution is 5.43. The van der Waals surface area contributed by atoms with Crippen LogP contribution in [0.4, 0.5) is 17.6 Å². The molecular formula is C11H11F4N3O. The van der Waals surface area contributed by atoms with Crippen molar-refractivity contribution >= 4 is 5.65 Å². The molecule has 4 nitrogen and oxygen atoms in total. The molecule has 2 aromatic heterocycles. The maximum atomic E-state index is 13.2. The van der Waals surface area contributed by atoms with Crippen molar-refractivity contribution in [1.82, 2.24) is 14.6 Å². The molecule has 104 valence electrons. The van der Waals surface area contributed by atoms with E-state index >= 15 is 0 Å². The number of pyridine rings is 1. The molecule has 2 heterocycles. The number of fused-ring (bicyclic) bond motifs is 1. The van der Waals surface area contributed by atoms with Crippen LogP contribution >= 0.6 is 0 Å². The number of nitrogens with one attached hydrogen (secondary N) is 1. The molecule has 0 saturated carbocycles. The zero-order chi connectivity index (χ0) is 14.4. The Morgan fingerprint density at radius 2 is 2.11 bits per heavy atom. The lowest BCUT2D eigenvalue weighted by atomic mass is 10.1. The maximum absolute atomic E-state index is 13.2. The first kappa shape index (κ1) is 13.6. The van der Waals surface area contributed by atoms with Crippen LogP contribution in [0.1, 0.15) is 23.9 Å². The van der Waals surface area contributed by atoms with Crippen LogP contribution in [0.2, 0.25) is 0 Å². The zero-order valence-corrected chi connectivity index (χ0v) is 10.2. The summed E-state index contributed by atoms with van der Waals surface area (Å²) in [5.41, 5.74) is 0.357. The van der Waals surface area contributed by atoms with Crippen LogP contribution in [0, 0.1) is 6.92 Å². The Balaban J connectivity index is 2.72. The number of hydrogen-bond acceptors (Lipinski definition) is 2. The number of aromatic amines is 1. The SMILES string of the molecule is CCc1c(C)cc2nc(C(F)(F)C(F)F)[nH]n2c1=O. The van der Waals surface area contributed by atoms with Crippen LogP contribution in [0.25, 0.3) is 5.65 Å². The van der Waals surface area contributed by atoms with Gasteiger partial charge in [-0.15, -0.1) is 0 Å². The Bertz CT molecular complexity index is 674. The molecule has 1 N–H and O–H groups in total. The lowest BCUT2D eigenvalue weighted by Crippen LogP contribution is -2.26. The topological polar surface area (TPSA) is 50.2 Å². The molecule has 0 bridgehead atoms. The fraction of sp³-hybridized carbons (Fsp3) is 0.455. The molecular weight excluding hydrogens is 266 g/mol. The minimum atomic E-state index is -4.42. The number of hydrogen-bond donors (Lipinski definition) is 1. The van der Waals surface area contributed by atoms with E-state index in [1.807, 2.05) is 5.10 Å². The molecule has 0 aliphatic rings. The molecule has 19 heavy (non-hydrogen) atoms. The summed E-state index contributed by atoms with van der Waals surface area (Å²) < 4.78 is 51.6. The van der Waals surface area contributed by atoms with Crippen molar-refractivity contribution in [3.8, 4) is 0 Å². The smallest absolute Gasteiger partial charge is 0.271 e. The second kappa shape index (κ2) is 4.36. The lowest BCUT2D eigenvalue weighted by Gasteiger charge is -2.10. The highest BCUT2D eigenvalue weighted by Gasteiger charge is 2.46. The van der Waals surface area contributed by atoms with Crippen molar-refractivity contribution in [3.63, 3.8) is 0 Å². The molecule has 0 aliphatic heterocycles. The van der Waals surface area contributed by atoms with E-state index in [0.29, 0.717) is 17.5 Å². The predicted octanol–water partition coefficient (Wildman–Crippen LogP) is 2.25. The summed E-state index contributed by atoms with van der Waals surface area (Å²) in [4.78, 5) is 15.3. The van der Waals surface area contributed by atoms with Crippen LogP contribution in [0.5, 0.6) is 0 Å². The van der Waals surface area contributed by atoms with Gasteiger partial charge in [-0.1, -0.05) is 6.92 Å². The van der Waals surface area contributed by atoms with Gasteiger partial charge in [-0.3, -0.25) is 9.89 Å². The molecule has 0 radical (unpaired) electrons. The van der Waals surface area contributed by atoms with Gasteiger partial charge in [0.15, 0.2) is 11.5 Å². The molecule has 2 aromatic rings. The summed E-state index contributed by atoms with van der Waals surface area (Å²) in [7, 11) is 0. The molecule has 2 rings (SSSR count). The Hall–Kier alpha value is -1.86. The second-order valence-corrected chi connectivity index (χ2v) is 4.15. The largest absolute Gasteiger partial charge is 0.365 e. The standard InChI is InChI=1S/C11H11F4N3O/c1-3-6-5(2)4-7-16-10(11(14,15)9(12)13)17-18(7)8(6)19/h4,9H,3H2,1-2H3,(H,16,17). The third kappa shape index (κ3) is 2.00. The van der Waals surface area contributed by atoms with Gasteiger partial charge < -0.3 is 0 Å². The van der Waals surface area contributed by atoms with Crippen molar-refractivity contribution in [2.45, 2.75) is 32.6 Å². The molecule has 0 fully saturated rings. The Kier molecular flexibility index (Phi) is 3.11. The molecule has 0 spiro atoms. The fourth-order valence-corrected chi connectivity index (χ4v) is 1.87. The van der Waals surface area contributed by atoms with E-state index in [0.717, 1.165) is 4.52 Å². The van der Waals surface area contributed by atoms with Gasteiger partial charge in [-0.2, -0.15) is 13.3 Å². The number of H-pyrrole nitrogens is 1. The monoisotopic (exact) mass is 277 g/mol. The summed E-state index contributed by atoms with van der Waals surface area (Å²) in [6.07, 6.45) is -3.48. The van der Waals surface area contributed by atoms with Crippen LogP contribution in [-0.2, 0) is 12.3 Å². The maximum Gasteiger partial charge on any atom is 0.365 e. The Labute approximate surface area is 105 Å². The van der Waals surface area contributed by atoms with E-state index in [4.69, 9.17) is 0 Å². The van der Waals surface area contributed by atoms with Crippen molar-refractivity contribution in [2.24, 2.45) is 0 Å². The molecule has 0 saturated heterocycles. The van der Waals surface area contributed by atoms with Crippen LogP contribution in [-0.4, -0.2) is 21.0 Å². The summed E-state index contributed by atoms with van der Waals surface area (Å²) in [5, 5.41) is 1.95. The summed E-state index contributed by atoms with van der Waals surface area (Å²) >= 11 is 0. The minimum Gasteiger partial charge on any atom is -0.271 e. The van der Waals surface area contributed by atoms with E-state index in [2.05, 4.69) is 4.98 Å².